The maximum Gasteiger partial charge on any atom is 0.164 e. The maximum absolute atomic E-state index is 4.24. The molecule has 5 heteroatoms. The molecule has 0 bridgehead atoms. The minimum Gasteiger partial charge on any atom is -0.307 e. The molecule has 0 saturated carbocycles. The van der Waals surface area contributed by atoms with Gasteiger partial charge >= 0.3 is 0 Å². The van der Waals surface area contributed by atoms with Crippen LogP contribution in [0.5, 0.6) is 0 Å². The van der Waals surface area contributed by atoms with Crippen LogP contribution in [0.2, 0.25) is 0 Å². The Kier molecular flexibility index (Phi) is 4.49. The summed E-state index contributed by atoms with van der Waals surface area (Å²) in [6.07, 6.45) is 2.72. The van der Waals surface area contributed by atoms with Crippen molar-refractivity contribution >= 4 is 15.9 Å². The smallest absolute Gasteiger partial charge is 0.164 e. The van der Waals surface area contributed by atoms with Gasteiger partial charge in [-0.1, -0.05) is 28.1 Å². The third-order valence-corrected chi connectivity index (χ3v) is 3.24. The molecule has 1 N–H and O–H groups in total. The van der Waals surface area contributed by atoms with Crippen molar-refractivity contribution in [1.82, 2.24) is 20.1 Å². The molecule has 4 nitrogen and oxygen atoms in total. The van der Waals surface area contributed by atoms with Gasteiger partial charge in [0.25, 0.3) is 0 Å². The van der Waals surface area contributed by atoms with Crippen molar-refractivity contribution in [2.45, 2.75) is 25.9 Å². The van der Waals surface area contributed by atoms with Crippen molar-refractivity contribution in [3.8, 4) is 0 Å². The standard InChI is InChI=1S/C13H17BrN4/c1-10(7-11-3-5-12(14)6-4-11)15-8-13-16-9-18(2)17-13/h3-6,9-10,15H,7-8H2,1-2H3. The van der Waals surface area contributed by atoms with Crippen LogP contribution in [0.4, 0.5) is 0 Å². The molecule has 0 aliphatic rings. The van der Waals surface area contributed by atoms with E-state index in [1.165, 1.54) is 5.56 Å². The summed E-state index contributed by atoms with van der Waals surface area (Å²) in [5, 5.41) is 7.66. The summed E-state index contributed by atoms with van der Waals surface area (Å²) in [5.41, 5.74) is 1.33. The van der Waals surface area contributed by atoms with Crippen LogP contribution >= 0.6 is 15.9 Å². The van der Waals surface area contributed by atoms with Gasteiger partial charge in [0.2, 0.25) is 0 Å². The Morgan fingerprint density at radius 1 is 1.33 bits per heavy atom. The van der Waals surface area contributed by atoms with Gasteiger partial charge in [-0.2, -0.15) is 5.10 Å². The fourth-order valence-electron chi connectivity index (χ4n) is 1.78. The lowest BCUT2D eigenvalue weighted by Crippen LogP contribution is -2.28. The van der Waals surface area contributed by atoms with E-state index < -0.39 is 0 Å². The molecule has 2 rings (SSSR count). The molecule has 0 radical (unpaired) electrons. The van der Waals surface area contributed by atoms with Crippen LogP contribution in [0.1, 0.15) is 18.3 Å². The molecule has 1 unspecified atom stereocenters. The summed E-state index contributed by atoms with van der Waals surface area (Å²) in [5.74, 6) is 0.833. The number of hydrogen-bond acceptors (Lipinski definition) is 3. The minimum atomic E-state index is 0.398. The molecule has 18 heavy (non-hydrogen) atoms. The summed E-state index contributed by atoms with van der Waals surface area (Å²) in [7, 11) is 1.88. The molecule has 0 aliphatic heterocycles. The number of benzene rings is 1. The first-order valence-corrected chi connectivity index (χ1v) is 6.75. The molecule has 1 atom stereocenters. The molecule has 96 valence electrons. The summed E-state index contributed by atoms with van der Waals surface area (Å²) in [6, 6.07) is 8.82. The Morgan fingerprint density at radius 2 is 2.06 bits per heavy atom. The Hall–Kier alpha value is -1.20. The first kappa shape index (κ1) is 13.2. The largest absolute Gasteiger partial charge is 0.307 e. The zero-order valence-corrected chi connectivity index (χ0v) is 12.2. The van der Waals surface area contributed by atoms with Crippen LogP contribution in [0.25, 0.3) is 0 Å². The molecular formula is C13H17BrN4. The van der Waals surface area contributed by atoms with Crippen LogP contribution in [0.15, 0.2) is 35.1 Å². The average molecular weight is 309 g/mol. The van der Waals surface area contributed by atoms with Gasteiger partial charge in [0, 0.05) is 17.6 Å². The van der Waals surface area contributed by atoms with Gasteiger partial charge in [-0.15, -0.1) is 0 Å². The van der Waals surface area contributed by atoms with E-state index in [2.05, 4.69) is 62.5 Å². The van der Waals surface area contributed by atoms with Gasteiger partial charge in [0.1, 0.15) is 6.33 Å². The van der Waals surface area contributed by atoms with E-state index in [4.69, 9.17) is 0 Å². The summed E-state index contributed by atoms with van der Waals surface area (Å²) >= 11 is 3.44. The highest BCUT2D eigenvalue weighted by molar-refractivity contribution is 9.10. The normalized spacial score (nSPS) is 12.6. The molecule has 1 heterocycles. The second-order valence-corrected chi connectivity index (χ2v) is 5.36. The number of halogens is 1. The fraction of sp³-hybridized carbons (Fsp3) is 0.385. The molecule has 0 aliphatic carbocycles. The van der Waals surface area contributed by atoms with Gasteiger partial charge < -0.3 is 5.32 Å². The molecule has 0 amide bonds. The topological polar surface area (TPSA) is 42.7 Å². The first-order valence-electron chi connectivity index (χ1n) is 5.96. The van der Waals surface area contributed by atoms with E-state index in [1.54, 1.807) is 11.0 Å². The zero-order chi connectivity index (χ0) is 13.0. The molecule has 0 fully saturated rings. The van der Waals surface area contributed by atoms with Crippen molar-refractivity contribution in [3.05, 3.63) is 46.5 Å². The van der Waals surface area contributed by atoms with E-state index in [0.29, 0.717) is 12.6 Å². The van der Waals surface area contributed by atoms with Crippen LogP contribution < -0.4 is 5.32 Å². The number of rotatable bonds is 5. The van der Waals surface area contributed by atoms with E-state index >= 15 is 0 Å². The predicted molar refractivity (Wildman–Crippen MR) is 75.2 cm³/mol. The number of nitrogens with zero attached hydrogens (tertiary/aromatic N) is 3. The van der Waals surface area contributed by atoms with Gasteiger partial charge in [-0.25, -0.2) is 4.98 Å². The Morgan fingerprint density at radius 3 is 2.67 bits per heavy atom. The summed E-state index contributed by atoms with van der Waals surface area (Å²) in [4.78, 5) is 4.19. The average Bonchev–Trinajstić information content (AvgIpc) is 2.76. The van der Waals surface area contributed by atoms with Crippen molar-refractivity contribution in [2.75, 3.05) is 0 Å². The van der Waals surface area contributed by atoms with Crippen LogP contribution in [0.3, 0.4) is 0 Å². The molecular weight excluding hydrogens is 292 g/mol. The highest BCUT2D eigenvalue weighted by Gasteiger charge is 2.05. The van der Waals surface area contributed by atoms with Crippen molar-refractivity contribution in [2.24, 2.45) is 7.05 Å². The van der Waals surface area contributed by atoms with Crippen molar-refractivity contribution in [3.63, 3.8) is 0 Å². The van der Waals surface area contributed by atoms with E-state index in [0.717, 1.165) is 16.7 Å². The lowest BCUT2D eigenvalue weighted by molar-refractivity contribution is 0.531. The van der Waals surface area contributed by atoms with E-state index in [1.807, 2.05) is 7.05 Å². The Bertz CT molecular complexity index is 492. The molecule has 1 aromatic heterocycles. The molecule has 0 spiro atoms. The molecule has 2 aromatic rings. The van der Waals surface area contributed by atoms with Gasteiger partial charge in [0.05, 0.1) is 6.54 Å². The van der Waals surface area contributed by atoms with Crippen LogP contribution in [-0.4, -0.2) is 20.8 Å². The summed E-state index contributed by atoms with van der Waals surface area (Å²) < 4.78 is 2.83. The molecule has 1 aromatic carbocycles. The van der Waals surface area contributed by atoms with E-state index in [-0.39, 0.29) is 0 Å². The minimum absolute atomic E-state index is 0.398. The monoisotopic (exact) mass is 308 g/mol. The highest BCUT2D eigenvalue weighted by atomic mass is 79.9. The number of aryl methyl sites for hydroxylation is 1. The zero-order valence-electron chi connectivity index (χ0n) is 10.6. The number of nitrogens with one attached hydrogen (secondary N) is 1. The lowest BCUT2D eigenvalue weighted by Gasteiger charge is -2.12. The number of aromatic nitrogens is 3. The third-order valence-electron chi connectivity index (χ3n) is 2.71. The third kappa shape index (κ3) is 3.92. The quantitative estimate of drug-likeness (QED) is 0.921. The number of hydrogen-bond donors (Lipinski definition) is 1. The fourth-order valence-corrected chi connectivity index (χ4v) is 2.04. The Balaban J connectivity index is 1.81. The lowest BCUT2D eigenvalue weighted by atomic mass is 10.1. The van der Waals surface area contributed by atoms with E-state index in [9.17, 15) is 0 Å². The second kappa shape index (κ2) is 6.11. The van der Waals surface area contributed by atoms with Gasteiger partial charge in [-0.05, 0) is 31.0 Å². The molecule has 0 saturated heterocycles. The van der Waals surface area contributed by atoms with Crippen LogP contribution in [0, 0.1) is 0 Å². The highest BCUT2D eigenvalue weighted by Crippen LogP contribution is 2.11. The SMILES string of the molecule is CC(Cc1ccc(Br)cc1)NCc1ncn(C)n1. The van der Waals surface area contributed by atoms with Crippen LogP contribution in [-0.2, 0) is 20.0 Å². The van der Waals surface area contributed by atoms with Gasteiger partial charge in [0.15, 0.2) is 5.82 Å². The van der Waals surface area contributed by atoms with Crippen molar-refractivity contribution < 1.29 is 0 Å². The predicted octanol–water partition coefficient (Wildman–Crippen LogP) is 2.30. The van der Waals surface area contributed by atoms with Crippen molar-refractivity contribution in [1.29, 1.82) is 0 Å². The summed E-state index contributed by atoms with van der Waals surface area (Å²) in [6.45, 7) is 2.88. The second-order valence-electron chi connectivity index (χ2n) is 4.45. The first-order chi connectivity index (χ1) is 8.63. The Labute approximate surface area is 116 Å². The van der Waals surface area contributed by atoms with Gasteiger partial charge in [-0.3, -0.25) is 4.68 Å². The maximum atomic E-state index is 4.24.